The number of aromatic amines is 1. The Hall–Kier alpha value is -2.26. The van der Waals surface area contributed by atoms with E-state index in [0.717, 1.165) is 16.9 Å². The summed E-state index contributed by atoms with van der Waals surface area (Å²) in [5, 5.41) is 12.3. The molecular weight excluding hydrogens is 360 g/mol. The Morgan fingerprint density at radius 2 is 2.00 bits per heavy atom. The largest absolute Gasteiger partial charge is 0.444 e. The van der Waals surface area contributed by atoms with Crippen LogP contribution in [0.1, 0.15) is 38.8 Å². The maximum Gasteiger partial charge on any atom is 0.408 e. The third-order valence-corrected chi connectivity index (χ3v) is 3.97. The lowest BCUT2D eigenvalue weighted by atomic mass is 10.0. The van der Waals surface area contributed by atoms with Crippen molar-refractivity contribution in [3.63, 3.8) is 0 Å². The van der Waals surface area contributed by atoms with Crippen molar-refractivity contribution >= 4 is 40.7 Å². The van der Waals surface area contributed by atoms with Crippen LogP contribution in [-0.2, 0) is 9.53 Å². The van der Waals surface area contributed by atoms with E-state index in [4.69, 9.17) is 17.0 Å². The Bertz CT molecular complexity index is 780. The van der Waals surface area contributed by atoms with Crippen LogP contribution in [0.5, 0.6) is 0 Å². The van der Waals surface area contributed by atoms with Gasteiger partial charge < -0.3 is 15.4 Å². The van der Waals surface area contributed by atoms with Gasteiger partial charge in [0.15, 0.2) is 3.95 Å². The molecule has 134 valence electrons. The number of nitrogens with zero attached hydrogens (tertiary/aromatic N) is 1. The van der Waals surface area contributed by atoms with E-state index < -0.39 is 17.7 Å². The predicted molar refractivity (Wildman–Crippen MR) is 99.1 cm³/mol. The summed E-state index contributed by atoms with van der Waals surface area (Å²) in [7, 11) is 0. The number of rotatable bonds is 5. The number of hydrogen-bond donors (Lipinski definition) is 3. The number of aromatic nitrogens is 2. The molecule has 1 unspecified atom stereocenters. The lowest BCUT2D eigenvalue weighted by Gasteiger charge is -2.23. The first-order valence-corrected chi connectivity index (χ1v) is 8.85. The lowest BCUT2D eigenvalue weighted by molar-refractivity contribution is -0.116. The molecule has 0 radical (unpaired) electrons. The highest BCUT2D eigenvalue weighted by Crippen LogP contribution is 2.19. The molecule has 2 aromatic rings. The van der Waals surface area contributed by atoms with Gasteiger partial charge in [-0.3, -0.25) is 9.89 Å². The van der Waals surface area contributed by atoms with Crippen LogP contribution in [0.2, 0.25) is 0 Å². The molecule has 1 aromatic carbocycles. The van der Waals surface area contributed by atoms with E-state index in [9.17, 15) is 9.59 Å². The topological polar surface area (TPSA) is 96.1 Å². The van der Waals surface area contributed by atoms with Crippen LogP contribution in [0, 0.1) is 3.95 Å². The molecule has 0 aliphatic carbocycles. The van der Waals surface area contributed by atoms with Gasteiger partial charge in [0.2, 0.25) is 11.0 Å². The van der Waals surface area contributed by atoms with Crippen molar-refractivity contribution in [2.45, 2.75) is 38.8 Å². The number of carbonyl (C=O) groups excluding carboxylic acids is 2. The number of carbonyl (C=O) groups is 2. The van der Waals surface area contributed by atoms with Crippen LogP contribution in [-0.4, -0.2) is 27.8 Å². The zero-order valence-electron chi connectivity index (χ0n) is 14.2. The minimum absolute atomic E-state index is 0.0373. The van der Waals surface area contributed by atoms with Crippen LogP contribution in [0.3, 0.4) is 0 Å². The van der Waals surface area contributed by atoms with Crippen molar-refractivity contribution in [3.8, 4) is 0 Å². The monoisotopic (exact) mass is 380 g/mol. The van der Waals surface area contributed by atoms with E-state index in [1.807, 2.05) is 30.3 Å². The zero-order valence-corrected chi connectivity index (χ0v) is 15.8. The minimum atomic E-state index is -0.621. The second kappa shape index (κ2) is 8.21. The van der Waals surface area contributed by atoms with Crippen molar-refractivity contribution in [2.24, 2.45) is 0 Å². The highest BCUT2D eigenvalue weighted by molar-refractivity contribution is 7.73. The predicted octanol–water partition coefficient (Wildman–Crippen LogP) is 3.80. The first-order chi connectivity index (χ1) is 11.7. The van der Waals surface area contributed by atoms with Crippen molar-refractivity contribution in [3.05, 3.63) is 39.8 Å². The SMILES string of the molecule is CC(C)(C)OC(=O)NC(CC(=O)Nc1n[nH]c(=S)s1)c1ccccc1. The van der Waals surface area contributed by atoms with Gasteiger partial charge in [-0.2, -0.15) is 0 Å². The van der Waals surface area contributed by atoms with Crippen molar-refractivity contribution in [2.75, 3.05) is 5.32 Å². The molecule has 9 heteroatoms. The number of ether oxygens (including phenoxy) is 1. The quantitative estimate of drug-likeness (QED) is 0.686. The summed E-state index contributed by atoms with van der Waals surface area (Å²) in [5.41, 5.74) is 0.183. The molecule has 0 saturated heterocycles. The van der Waals surface area contributed by atoms with Gasteiger partial charge in [-0.05, 0) is 38.6 Å². The fourth-order valence-electron chi connectivity index (χ4n) is 2.03. The molecule has 0 fully saturated rings. The van der Waals surface area contributed by atoms with E-state index >= 15 is 0 Å². The Morgan fingerprint density at radius 3 is 2.56 bits per heavy atom. The minimum Gasteiger partial charge on any atom is -0.444 e. The number of alkyl carbamates (subject to hydrolysis) is 1. The summed E-state index contributed by atoms with van der Waals surface area (Å²) in [6.07, 6.45) is -0.542. The maximum atomic E-state index is 12.3. The van der Waals surface area contributed by atoms with Gasteiger partial charge >= 0.3 is 6.09 Å². The molecule has 2 rings (SSSR count). The lowest BCUT2D eigenvalue weighted by Crippen LogP contribution is -2.36. The van der Waals surface area contributed by atoms with E-state index in [1.165, 1.54) is 0 Å². The Balaban J connectivity index is 2.07. The average molecular weight is 380 g/mol. The van der Waals surface area contributed by atoms with Gasteiger partial charge in [0, 0.05) is 0 Å². The highest BCUT2D eigenvalue weighted by Gasteiger charge is 2.22. The molecule has 1 aromatic heterocycles. The molecule has 0 saturated carbocycles. The normalized spacial score (nSPS) is 12.3. The van der Waals surface area contributed by atoms with E-state index in [-0.39, 0.29) is 12.3 Å². The van der Waals surface area contributed by atoms with E-state index in [0.29, 0.717) is 9.09 Å². The molecule has 3 N–H and O–H groups in total. The second-order valence-electron chi connectivity index (χ2n) is 6.28. The van der Waals surface area contributed by atoms with Crippen LogP contribution < -0.4 is 10.6 Å². The summed E-state index contributed by atoms with van der Waals surface area (Å²) in [4.78, 5) is 24.4. The Morgan fingerprint density at radius 1 is 1.32 bits per heavy atom. The first-order valence-electron chi connectivity index (χ1n) is 7.63. The van der Waals surface area contributed by atoms with Gasteiger partial charge in [-0.25, -0.2) is 4.79 Å². The molecular formula is C16H20N4O3S2. The molecule has 0 bridgehead atoms. The zero-order chi connectivity index (χ0) is 18.4. The highest BCUT2D eigenvalue weighted by atomic mass is 32.1. The summed E-state index contributed by atoms with van der Waals surface area (Å²) in [6, 6.07) is 8.71. The smallest absolute Gasteiger partial charge is 0.408 e. The van der Waals surface area contributed by atoms with Gasteiger partial charge in [0.25, 0.3) is 0 Å². The molecule has 0 aliphatic rings. The fraction of sp³-hybridized carbons (Fsp3) is 0.375. The van der Waals surface area contributed by atoms with Crippen molar-refractivity contribution in [1.82, 2.24) is 15.5 Å². The number of anilines is 1. The number of H-pyrrole nitrogens is 1. The Kier molecular flexibility index (Phi) is 6.27. The number of hydrogen-bond acceptors (Lipinski definition) is 6. The van der Waals surface area contributed by atoms with E-state index in [2.05, 4.69) is 20.8 Å². The third-order valence-electron chi connectivity index (χ3n) is 2.97. The van der Waals surface area contributed by atoms with E-state index in [1.54, 1.807) is 20.8 Å². The van der Waals surface area contributed by atoms with Crippen LogP contribution in [0.4, 0.5) is 9.93 Å². The molecule has 2 amide bonds. The standard InChI is InChI=1S/C16H20N4O3S2/c1-16(2,3)23-14(22)17-11(10-7-5-4-6-8-10)9-12(21)18-13-19-20-15(24)25-13/h4-8,11H,9H2,1-3H3,(H,17,22)(H,20,24)(H,18,19,21). The van der Waals surface area contributed by atoms with Gasteiger partial charge in [-0.15, -0.1) is 5.10 Å². The molecule has 0 spiro atoms. The fourth-order valence-corrected chi connectivity index (χ4v) is 2.83. The second-order valence-corrected chi connectivity index (χ2v) is 7.95. The number of benzene rings is 1. The van der Waals surface area contributed by atoms with Crippen molar-refractivity contribution < 1.29 is 14.3 Å². The summed E-state index contributed by atoms with van der Waals surface area (Å²) in [6.45, 7) is 5.34. The van der Waals surface area contributed by atoms with Gasteiger partial charge in [-0.1, -0.05) is 41.7 Å². The summed E-state index contributed by atoms with van der Waals surface area (Å²) >= 11 is 6.10. The number of amides is 2. The van der Waals surface area contributed by atoms with Crippen LogP contribution in [0.25, 0.3) is 0 Å². The summed E-state index contributed by atoms with van der Waals surface area (Å²) in [5.74, 6) is -0.289. The Labute approximate surface area is 154 Å². The molecule has 0 aliphatic heterocycles. The molecule has 25 heavy (non-hydrogen) atoms. The third kappa shape index (κ3) is 6.63. The molecule has 1 atom stereocenters. The van der Waals surface area contributed by atoms with Crippen molar-refractivity contribution in [1.29, 1.82) is 0 Å². The summed E-state index contributed by atoms with van der Waals surface area (Å²) < 4.78 is 5.76. The maximum absolute atomic E-state index is 12.3. The number of nitrogens with one attached hydrogen (secondary N) is 3. The van der Waals surface area contributed by atoms with Gasteiger partial charge in [0.1, 0.15) is 5.60 Å². The molecule has 7 nitrogen and oxygen atoms in total. The van der Waals surface area contributed by atoms with Gasteiger partial charge in [0.05, 0.1) is 12.5 Å². The van der Waals surface area contributed by atoms with Crippen LogP contribution in [0.15, 0.2) is 30.3 Å². The first kappa shape index (κ1) is 19.1. The average Bonchev–Trinajstić information content (AvgIpc) is 2.90. The molecule has 1 heterocycles. The van der Waals surface area contributed by atoms with Crippen LogP contribution >= 0.6 is 23.6 Å².